The number of nitrogens with one attached hydrogen (secondary N) is 1. The van der Waals surface area contributed by atoms with E-state index in [0.717, 1.165) is 5.92 Å². The smallest absolute Gasteiger partial charge is 0.00701 e. The van der Waals surface area contributed by atoms with E-state index >= 15 is 0 Å². The predicted molar refractivity (Wildman–Crippen MR) is 87.1 cm³/mol. The van der Waals surface area contributed by atoms with Crippen LogP contribution in [0.5, 0.6) is 0 Å². The lowest BCUT2D eigenvalue weighted by Gasteiger charge is -2.33. The molecule has 0 radical (unpaired) electrons. The molecule has 0 amide bonds. The zero-order valence-corrected chi connectivity index (χ0v) is 13.1. The molecule has 1 fully saturated rings. The summed E-state index contributed by atoms with van der Waals surface area (Å²) in [6.45, 7) is 9.55. The molecular weight excluding hydrogens is 244 g/mol. The van der Waals surface area contributed by atoms with E-state index < -0.39 is 0 Å². The van der Waals surface area contributed by atoms with Gasteiger partial charge in [-0.15, -0.1) is 0 Å². The molecule has 1 aromatic rings. The first-order valence-electron chi connectivity index (χ1n) is 8.28. The van der Waals surface area contributed by atoms with E-state index in [2.05, 4.69) is 54.4 Å². The minimum absolute atomic E-state index is 0.683. The molecule has 2 unspecified atom stereocenters. The molecule has 1 aromatic carbocycles. The van der Waals surface area contributed by atoms with Crippen molar-refractivity contribution in [2.24, 2.45) is 5.92 Å². The molecule has 0 aliphatic carbocycles. The highest BCUT2D eigenvalue weighted by Crippen LogP contribution is 2.16. The van der Waals surface area contributed by atoms with Gasteiger partial charge < -0.3 is 10.2 Å². The van der Waals surface area contributed by atoms with Crippen LogP contribution >= 0.6 is 0 Å². The van der Waals surface area contributed by atoms with Crippen LogP contribution in [0.25, 0.3) is 0 Å². The maximum absolute atomic E-state index is 3.53. The molecule has 1 heterocycles. The normalized spacial score (nSPS) is 21.1. The maximum Gasteiger partial charge on any atom is 0.00701 e. The minimum atomic E-state index is 0.683. The standard InChI is InChI=1S/C18H30N2/c1-3-20(15-18-10-7-13-19-14-18)16(2)11-12-17-8-5-4-6-9-17/h4-6,8-9,16,18-19H,3,7,10-15H2,1-2H3. The molecular formula is C18H30N2. The van der Waals surface area contributed by atoms with Crippen molar-refractivity contribution in [1.29, 1.82) is 0 Å². The van der Waals surface area contributed by atoms with E-state index in [0.29, 0.717) is 6.04 Å². The van der Waals surface area contributed by atoms with Crippen LogP contribution in [0.3, 0.4) is 0 Å². The number of benzene rings is 1. The molecule has 2 heteroatoms. The fourth-order valence-electron chi connectivity index (χ4n) is 3.23. The van der Waals surface area contributed by atoms with Gasteiger partial charge in [-0.2, -0.15) is 0 Å². The third-order valence-electron chi connectivity index (χ3n) is 4.61. The first-order chi connectivity index (χ1) is 9.79. The summed E-state index contributed by atoms with van der Waals surface area (Å²) in [6, 6.07) is 11.6. The van der Waals surface area contributed by atoms with E-state index in [1.807, 2.05) is 0 Å². The summed E-state index contributed by atoms with van der Waals surface area (Å²) in [5.41, 5.74) is 1.47. The Bertz CT molecular complexity index is 357. The average molecular weight is 274 g/mol. The lowest BCUT2D eigenvalue weighted by Crippen LogP contribution is -2.42. The molecule has 1 N–H and O–H groups in total. The van der Waals surface area contributed by atoms with Crippen molar-refractivity contribution in [2.75, 3.05) is 26.2 Å². The van der Waals surface area contributed by atoms with Crippen molar-refractivity contribution >= 4 is 0 Å². The summed E-state index contributed by atoms with van der Waals surface area (Å²) in [4.78, 5) is 2.67. The summed E-state index contributed by atoms with van der Waals surface area (Å²) in [5.74, 6) is 0.850. The van der Waals surface area contributed by atoms with E-state index in [4.69, 9.17) is 0 Å². The zero-order valence-electron chi connectivity index (χ0n) is 13.1. The number of nitrogens with zero attached hydrogens (tertiary/aromatic N) is 1. The molecule has 2 atom stereocenters. The van der Waals surface area contributed by atoms with Gasteiger partial charge in [-0.3, -0.25) is 0 Å². The Kier molecular flexibility index (Phi) is 6.55. The number of hydrogen-bond acceptors (Lipinski definition) is 2. The van der Waals surface area contributed by atoms with Gasteiger partial charge in [-0.1, -0.05) is 37.3 Å². The number of piperidine rings is 1. The van der Waals surface area contributed by atoms with Crippen LogP contribution < -0.4 is 5.32 Å². The van der Waals surface area contributed by atoms with Gasteiger partial charge in [0.1, 0.15) is 0 Å². The second-order valence-corrected chi connectivity index (χ2v) is 6.17. The molecule has 1 saturated heterocycles. The fourth-order valence-corrected chi connectivity index (χ4v) is 3.23. The number of rotatable bonds is 7. The van der Waals surface area contributed by atoms with Gasteiger partial charge >= 0.3 is 0 Å². The largest absolute Gasteiger partial charge is 0.316 e. The molecule has 1 aliphatic heterocycles. The van der Waals surface area contributed by atoms with Crippen molar-refractivity contribution in [3.63, 3.8) is 0 Å². The van der Waals surface area contributed by atoms with Gasteiger partial charge in [0, 0.05) is 12.6 Å². The summed E-state index contributed by atoms with van der Waals surface area (Å²) in [7, 11) is 0. The molecule has 2 nitrogen and oxygen atoms in total. The Hall–Kier alpha value is -0.860. The van der Waals surface area contributed by atoms with Crippen LogP contribution in [0.15, 0.2) is 30.3 Å². The minimum Gasteiger partial charge on any atom is -0.316 e. The summed E-state index contributed by atoms with van der Waals surface area (Å²) in [6.07, 6.45) is 5.20. The van der Waals surface area contributed by atoms with Crippen molar-refractivity contribution in [1.82, 2.24) is 10.2 Å². The lowest BCUT2D eigenvalue weighted by molar-refractivity contribution is 0.164. The van der Waals surface area contributed by atoms with E-state index in [1.165, 1.54) is 57.4 Å². The first kappa shape index (κ1) is 15.5. The van der Waals surface area contributed by atoms with Gasteiger partial charge in [-0.25, -0.2) is 0 Å². The van der Waals surface area contributed by atoms with Crippen LogP contribution in [-0.2, 0) is 6.42 Å². The maximum atomic E-state index is 3.53. The van der Waals surface area contributed by atoms with Crippen LogP contribution in [-0.4, -0.2) is 37.1 Å². The van der Waals surface area contributed by atoms with Crippen LogP contribution in [0.2, 0.25) is 0 Å². The van der Waals surface area contributed by atoms with E-state index in [-0.39, 0.29) is 0 Å². The Balaban J connectivity index is 1.77. The topological polar surface area (TPSA) is 15.3 Å². The fraction of sp³-hybridized carbons (Fsp3) is 0.667. The monoisotopic (exact) mass is 274 g/mol. The third kappa shape index (κ3) is 4.92. The second kappa shape index (κ2) is 8.43. The number of hydrogen-bond donors (Lipinski definition) is 1. The second-order valence-electron chi connectivity index (χ2n) is 6.17. The molecule has 0 saturated carbocycles. The molecule has 2 rings (SSSR count). The lowest BCUT2D eigenvalue weighted by atomic mass is 9.97. The SMILES string of the molecule is CCN(CC1CCCNC1)C(C)CCc1ccccc1. The Labute approximate surface area is 124 Å². The Morgan fingerprint density at radius 1 is 1.30 bits per heavy atom. The first-order valence-corrected chi connectivity index (χ1v) is 8.28. The van der Waals surface area contributed by atoms with Gasteiger partial charge in [-0.05, 0) is 63.7 Å². The molecule has 1 aliphatic rings. The van der Waals surface area contributed by atoms with E-state index in [1.54, 1.807) is 0 Å². The third-order valence-corrected chi connectivity index (χ3v) is 4.61. The van der Waals surface area contributed by atoms with Crippen molar-refractivity contribution in [3.05, 3.63) is 35.9 Å². The van der Waals surface area contributed by atoms with Gasteiger partial charge in [0.15, 0.2) is 0 Å². The summed E-state index contributed by atoms with van der Waals surface area (Å²) < 4.78 is 0. The van der Waals surface area contributed by atoms with Crippen LogP contribution in [0.4, 0.5) is 0 Å². The van der Waals surface area contributed by atoms with Gasteiger partial charge in [0.25, 0.3) is 0 Å². The summed E-state index contributed by atoms with van der Waals surface area (Å²) in [5, 5.41) is 3.53. The Morgan fingerprint density at radius 2 is 2.10 bits per heavy atom. The molecule has 0 spiro atoms. The van der Waals surface area contributed by atoms with Crippen molar-refractivity contribution in [2.45, 2.75) is 45.6 Å². The molecule has 0 aromatic heterocycles. The Morgan fingerprint density at radius 3 is 2.75 bits per heavy atom. The highest BCUT2D eigenvalue weighted by Gasteiger charge is 2.19. The average Bonchev–Trinajstić information content (AvgIpc) is 2.52. The van der Waals surface area contributed by atoms with Crippen molar-refractivity contribution in [3.8, 4) is 0 Å². The number of aryl methyl sites for hydroxylation is 1. The zero-order chi connectivity index (χ0) is 14.2. The highest BCUT2D eigenvalue weighted by molar-refractivity contribution is 5.14. The van der Waals surface area contributed by atoms with Crippen LogP contribution in [0, 0.1) is 5.92 Å². The predicted octanol–water partition coefficient (Wildman–Crippen LogP) is 3.33. The van der Waals surface area contributed by atoms with E-state index in [9.17, 15) is 0 Å². The summed E-state index contributed by atoms with van der Waals surface area (Å²) >= 11 is 0. The molecule has 20 heavy (non-hydrogen) atoms. The highest BCUT2D eigenvalue weighted by atomic mass is 15.1. The molecule has 112 valence electrons. The van der Waals surface area contributed by atoms with Gasteiger partial charge in [0.2, 0.25) is 0 Å². The van der Waals surface area contributed by atoms with Crippen molar-refractivity contribution < 1.29 is 0 Å². The van der Waals surface area contributed by atoms with Gasteiger partial charge in [0.05, 0.1) is 0 Å². The van der Waals surface area contributed by atoms with Crippen LogP contribution in [0.1, 0.15) is 38.7 Å². The quantitative estimate of drug-likeness (QED) is 0.820. The molecule has 0 bridgehead atoms.